The Hall–Kier alpha value is -1.46. The molecule has 0 saturated carbocycles. The molecular formula is C12H14N2O2S. The number of aliphatic hydroxyl groups is 1. The fraction of sp³-hybridized carbons (Fsp3) is 0.333. The van der Waals surface area contributed by atoms with Crippen molar-refractivity contribution in [2.24, 2.45) is 0 Å². The van der Waals surface area contributed by atoms with Gasteiger partial charge in [-0.05, 0) is 35.6 Å². The number of hydrogen-bond acceptors (Lipinski definition) is 5. The van der Waals surface area contributed by atoms with E-state index in [1.165, 1.54) is 11.5 Å². The summed E-state index contributed by atoms with van der Waals surface area (Å²) >= 11 is 1.24. The molecule has 0 aliphatic rings. The number of aliphatic hydroxyl groups excluding tert-OH is 1. The van der Waals surface area contributed by atoms with Crippen LogP contribution in [-0.4, -0.2) is 21.8 Å². The highest BCUT2D eigenvalue weighted by Gasteiger charge is 2.18. The summed E-state index contributed by atoms with van der Waals surface area (Å²) in [5, 5.41) is 14.3. The summed E-state index contributed by atoms with van der Waals surface area (Å²) in [6.07, 6.45) is 0.0902. The molecule has 17 heavy (non-hydrogen) atoms. The fourth-order valence-electron chi connectivity index (χ4n) is 1.63. The largest absolute Gasteiger partial charge is 0.497 e. The van der Waals surface area contributed by atoms with E-state index in [1.807, 2.05) is 31.2 Å². The van der Waals surface area contributed by atoms with E-state index in [0.717, 1.165) is 28.3 Å². The molecule has 1 unspecified atom stereocenters. The van der Waals surface area contributed by atoms with E-state index >= 15 is 0 Å². The van der Waals surface area contributed by atoms with E-state index < -0.39 is 6.10 Å². The number of rotatable bonds is 4. The molecule has 90 valence electrons. The highest BCUT2D eigenvalue weighted by molar-refractivity contribution is 7.05. The van der Waals surface area contributed by atoms with Gasteiger partial charge in [0.25, 0.3) is 0 Å². The van der Waals surface area contributed by atoms with E-state index in [2.05, 4.69) is 9.59 Å². The average Bonchev–Trinajstić information content (AvgIpc) is 2.86. The maximum absolute atomic E-state index is 10.3. The zero-order valence-electron chi connectivity index (χ0n) is 9.75. The Balaban J connectivity index is 2.33. The van der Waals surface area contributed by atoms with Crippen LogP contribution >= 0.6 is 11.5 Å². The summed E-state index contributed by atoms with van der Waals surface area (Å²) in [5.74, 6) is 0.733. The van der Waals surface area contributed by atoms with Gasteiger partial charge in [0.2, 0.25) is 0 Å². The maximum atomic E-state index is 10.3. The third-order valence-corrected chi connectivity index (χ3v) is 3.40. The van der Waals surface area contributed by atoms with Gasteiger partial charge >= 0.3 is 0 Å². The zero-order chi connectivity index (χ0) is 12.3. The van der Waals surface area contributed by atoms with Crippen molar-refractivity contribution in [2.75, 3.05) is 7.11 Å². The minimum Gasteiger partial charge on any atom is -0.497 e. The first-order valence-electron chi connectivity index (χ1n) is 5.39. The fourth-order valence-corrected chi connectivity index (χ4v) is 2.39. The van der Waals surface area contributed by atoms with Gasteiger partial charge in [0.05, 0.1) is 17.7 Å². The molecule has 1 N–H and O–H groups in total. The van der Waals surface area contributed by atoms with Crippen LogP contribution in [0.25, 0.3) is 0 Å². The molecular weight excluding hydrogens is 236 g/mol. The lowest BCUT2D eigenvalue weighted by Gasteiger charge is -2.10. The first kappa shape index (κ1) is 12.0. The Kier molecular flexibility index (Phi) is 3.71. The molecule has 2 aromatic rings. The van der Waals surface area contributed by atoms with E-state index in [-0.39, 0.29) is 0 Å². The second-order valence-corrected chi connectivity index (χ2v) is 4.40. The quantitative estimate of drug-likeness (QED) is 0.903. The summed E-state index contributed by atoms with van der Waals surface area (Å²) in [7, 11) is 1.61. The Bertz CT molecular complexity index is 499. The van der Waals surface area contributed by atoms with Crippen LogP contribution in [0.3, 0.4) is 0 Å². The molecule has 0 aliphatic carbocycles. The summed E-state index contributed by atoms with van der Waals surface area (Å²) in [6, 6.07) is 7.40. The van der Waals surface area contributed by atoms with Crippen molar-refractivity contribution in [3.8, 4) is 5.75 Å². The van der Waals surface area contributed by atoms with Crippen molar-refractivity contribution in [1.82, 2.24) is 9.59 Å². The van der Waals surface area contributed by atoms with Gasteiger partial charge in [0.1, 0.15) is 11.9 Å². The van der Waals surface area contributed by atoms with Gasteiger partial charge in [0, 0.05) is 0 Å². The molecule has 0 aliphatic heterocycles. The summed E-state index contributed by atoms with van der Waals surface area (Å²) in [6.45, 7) is 2.00. The van der Waals surface area contributed by atoms with Crippen LogP contribution in [0.1, 0.15) is 29.2 Å². The van der Waals surface area contributed by atoms with E-state index in [9.17, 15) is 5.11 Å². The normalized spacial score (nSPS) is 12.4. The van der Waals surface area contributed by atoms with Crippen LogP contribution in [0, 0.1) is 0 Å². The molecule has 0 saturated heterocycles. The molecule has 0 spiro atoms. The van der Waals surface area contributed by atoms with Crippen molar-refractivity contribution in [1.29, 1.82) is 0 Å². The van der Waals surface area contributed by atoms with Crippen molar-refractivity contribution in [2.45, 2.75) is 19.4 Å². The molecule has 2 rings (SSSR count). The number of ether oxygens (including phenoxy) is 1. The van der Waals surface area contributed by atoms with Crippen molar-refractivity contribution in [3.63, 3.8) is 0 Å². The van der Waals surface area contributed by atoms with Gasteiger partial charge in [-0.1, -0.05) is 23.5 Å². The van der Waals surface area contributed by atoms with Gasteiger partial charge < -0.3 is 9.84 Å². The van der Waals surface area contributed by atoms with Crippen LogP contribution in [0.15, 0.2) is 24.3 Å². The van der Waals surface area contributed by atoms with E-state index in [0.29, 0.717) is 0 Å². The summed E-state index contributed by atoms with van der Waals surface area (Å²) < 4.78 is 9.02. The average molecular weight is 250 g/mol. The van der Waals surface area contributed by atoms with Gasteiger partial charge in [-0.3, -0.25) is 0 Å². The molecule has 0 fully saturated rings. The van der Waals surface area contributed by atoms with Gasteiger partial charge in [0.15, 0.2) is 0 Å². The minimum atomic E-state index is -0.681. The predicted molar refractivity (Wildman–Crippen MR) is 66.3 cm³/mol. The number of aryl methyl sites for hydroxylation is 1. The van der Waals surface area contributed by atoms with Gasteiger partial charge in [-0.2, -0.15) is 0 Å². The molecule has 5 heteroatoms. The molecule has 1 atom stereocenters. The van der Waals surface area contributed by atoms with E-state index in [4.69, 9.17) is 4.74 Å². The first-order valence-corrected chi connectivity index (χ1v) is 6.16. The third-order valence-electron chi connectivity index (χ3n) is 2.58. The molecule has 1 aromatic carbocycles. The van der Waals surface area contributed by atoms with Crippen LogP contribution in [0.2, 0.25) is 0 Å². The number of methoxy groups -OCH3 is 1. The topological polar surface area (TPSA) is 55.2 Å². The summed E-state index contributed by atoms with van der Waals surface area (Å²) in [4.78, 5) is 0.806. The van der Waals surface area contributed by atoms with Crippen molar-refractivity contribution >= 4 is 11.5 Å². The Morgan fingerprint density at radius 3 is 3.00 bits per heavy atom. The highest BCUT2D eigenvalue weighted by Crippen LogP contribution is 2.28. The van der Waals surface area contributed by atoms with Crippen LogP contribution in [0.4, 0.5) is 0 Å². The number of hydrogen-bond donors (Lipinski definition) is 1. The smallest absolute Gasteiger partial charge is 0.119 e. The highest BCUT2D eigenvalue weighted by atomic mass is 32.1. The molecule has 4 nitrogen and oxygen atoms in total. The lowest BCUT2D eigenvalue weighted by Crippen LogP contribution is -2.01. The minimum absolute atomic E-state index is 0.681. The second-order valence-electron chi connectivity index (χ2n) is 3.62. The third kappa shape index (κ3) is 2.45. The van der Waals surface area contributed by atoms with E-state index in [1.54, 1.807) is 7.11 Å². The Morgan fingerprint density at radius 1 is 1.47 bits per heavy atom. The second kappa shape index (κ2) is 5.25. The lowest BCUT2D eigenvalue weighted by molar-refractivity contribution is 0.222. The van der Waals surface area contributed by atoms with Crippen LogP contribution in [0.5, 0.6) is 5.75 Å². The standard InChI is InChI=1S/C12H14N2O2S/c1-3-10-12(17-14-13-10)11(15)8-5-4-6-9(7-8)16-2/h4-7,11,15H,3H2,1-2H3. The molecule has 0 bridgehead atoms. The number of aromatic nitrogens is 2. The van der Waals surface area contributed by atoms with Crippen molar-refractivity contribution in [3.05, 3.63) is 40.4 Å². The van der Waals surface area contributed by atoms with Crippen LogP contribution in [-0.2, 0) is 6.42 Å². The van der Waals surface area contributed by atoms with Gasteiger partial charge in [-0.15, -0.1) is 5.10 Å². The Labute approximate surface area is 104 Å². The number of benzene rings is 1. The maximum Gasteiger partial charge on any atom is 0.119 e. The monoisotopic (exact) mass is 250 g/mol. The molecule has 0 radical (unpaired) electrons. The lowest BCUT2D eigenvalue weighted by atomic mass is 10.1. The molecule has 1 heterocycles. The zero-order valence-corrected chi connectivity index (χ0v) is 10.6. The number of nitrogens with zero attached hydrogens (tertiary/aromatic N) is 2. The molecule has 1 aromatic heterocycles. The Morgan fingerprint density at radius 2 is 2.29 bits per heavy atom. The summed E-state index contributed by atoms with van der Waals surface area (Å²) in [5.41, 5.74) is 1.65. The predicted octanol–water partition coefficient (Wildman–Crippen LogP) is 2.19. The van der Waals surface area contributed by atoms with Crippen LogP contribution < -0.4 is 4.74 Å². The van der Waals surface area contributed by atoms with Gasteiger partial charge in [-0.25, -0.2) is 0 Å². The molecule has 0 amide bonds. The SMILES string of the molecule is CCc1nnsc1C(O)c1cccc(OC)c1. The first-order chi connectivity index (χ1) is 8.26. The van der Waals surface area contributed by atoms with Crippen molar-refractivity contribution < 1.29 is 9.84 Å².